The minimum Gasteiger partial charge on any atom is -0.489 e. The van der Waals surface area contributed by atoms with Crippen molar-refractivity contribution in [3.05, 3.63) is 30.1 Å². The number of piperidine rings is 1. The number of likely N-dealkylation sites (tertiary alicyclic amines) is 1. The predicted molar refractivity (Wildman–Crippen MR) is 96.1 cm³/mol. The highest BCUT2D eigenvalue weighted by Gasteiger charge is 2.10. The van der Waals surface area contributed by atoms with Crippen molar-refractivity contribution in [1.82, 2.24) is 15.5 Å². The molecule has 0 radical (unpaired) electrons. The second-order valence-corrected chi connectivity index (χ2v) is 6.16. The lowest BCUT2D eigenvalue weighted by Gasteiger charge is -2.26. The second-order valence-electron chi connectivity index (χ2n) is 6.16. The Balaban J connectivity index is 1.63. The van der Waals surface area contributed by atoms with E-state index in [0.29, 0.717) is 12.3 Å². The maximum atomic E-state index is 12.9. The minimum absolute atomic E-state index is 0.0453. The van der Waals surface area contributed by atoms with E-state index in [1.807, 2.05) is 6.92 Å². The van der Waals surface area contributed by atoms with Gasteiger partial charge in [-0.15, -0.1) is 0 Å². The van der Waals surface area contributed by atoms with E-state index in [0.717, 1.165) is 19.0 Å². The van der Waals surface area contributed by atoms with Crippen molar-refractivity contribution in [2.24, 2.45) is 4.99 Å². The highest BCUT2D eigenvalue weighted by molar-refractivity contribution is 5.79. The third kappa shape index (κ3) is 6.74. The smallest absolute Gasteiger partial charge is 0.191 e. The molecule has 5 nitrogen and oxygen atoms in total. The van der Waals surface area contributed by atoms with Crippen LogP contribution >= 0.6 is 0 Å². The first-order valence-corrected chi connectivity index (χ1v) is 8.76. The topological polar surface area (TPSA) is 48.9 Å². The normalized spacial score (nSPS) is 17.4. The van der Waals surface area contributed by atoms with Gasteiger partial charge in [0.1, 0.15) is 17.7 Å². The maximum Gasteiger partial charge on any atom is 0.191 e. The molecule has 1 fully saturated rings. The Morgan fingerprint density at radius 2 is 1.92 bits per heavy atom. The maximum absolute atomic E-state index is 12.9. The zero-order valence-corrected chi connectivity index (χ0v) is 14.7. The van der Waals surface area contributed by atoms with Crippen LogP contribution in [-0.2, 0) is 0 Å². The number of hydrogen-bond acceptors (Lipinski definition) is 3. The number of nitrogens with one attached hydrogen (secondary N) is 2. The van der Waals surface area contributed by atoms with Gasteiger partial charge in [-0.1, -0.05) is 6.42 Å². The van der Waals surface area contributed by atoms with E-state index in [-0.39, 0.29) is 11.9 Å². The molecule has 1 aromatic rings. The fourth-order valence-corrected chi connectivity index (χ4v) is 2.76. The minimum atomic E-state index is -0.258. The molecular weight excluding hydrogens is 307 g/mol. The van der Waals surface area contributed by atoms with Gasteiger partial charge in [-0.25, -0.2) is 4.39 Å². The van der Waals surface area contributed by atoms with Crippen LogP contribution in [0.1, 0.15) is 26.2 Å². The number of nitrogens with zero attached hydrogens (tertiary/aromatic N) is 2. The average molecular weight is 336 g/mol. The standard InChI is InChI=1S/C18H29FN4O/c1-15(24-17-8-6-16(19)7-9-17)14-22-18(20-2)21-10-13-23-11-4-3-5-12-23/h6-9,15H,3-5,10-14H2,1-2H3,(H2,20,21,22). The van der Waals surface area contributed by atoms with Crippen LogP contribution in [0.25, 0.3) is 0 Å². The van der Waals surface area contributed by atoms with Gasteiger partial charge in [-0.05, 0) is 57.1 Å². The monoisotopic (exact) mass is 336 g/mol. The highest BCUT2D eigenvalue weighted by Crippen LogP contribution is 2.12. The van der Waals surface area contributed by atoms with Gasteiger partial charge in [0, 0.05) is 20.1 Å². The summed E-state index contributed by atoms with van der Waals surface area (Å²) in [7, 11) is 1.77. The molecule has 0 aliphatic carbocycles. The lowest BCUT2D eigenvalue weighted by Crippen LogP contribution is -2.45. The van der Waals surface area contributed by atoms with Crippen molar-refractivity contribution in [2.45, 2.75) is 32.3 Å². The third-order valence-corrected chi connectivity index (χ3v) is 4.10. The Morgan fingerprint density at radius 1 is 1.21 bits per heavy atom. The number of aliphatic imine (C=N–C) groups is 1. The van der Waals surface area contributed by atoms with E-state index in [1.165, 1.54) is 44.5 Å². The first-order valence-electron chi connectivity index (χ1n) is 8.76. The van der Waals surface area contributed by atoms with Gasteiger partial charge in [0.05, 0.1) is 6.54 Å². The van der Waals surface area contributed by atoms with E-state index < -0.39 is 0 Å². The van der Waals surface area contributed by atoms with Crippen molar-refractivity contribution in [3.8, 4) is 5.75 Å². The molecule has 134 valence electrons. The summed E-state index contributed by atoms with van der Waals surface area (Å²) >= 11 is 0. The van der Waals surface area contributed by atoms with Crippen LogP contribution in [0.4, 0.5) is 4.39 Å². The molecule has 1 saturated heterocycles. The van der Waals surface area contributed by atoms with Crippen LogP contribution in [-0.4, -0.2) is 56.7 Å². The molecule has 0 aromatic heterocycles. The van der Waals surface area contributed by atoms with Crippen molar-refractivity contribution < 1.29 is 9.13 Å². The Bertz CT molecular complexity index is 500. The third-order valence-electron chi connectivity index (χ3n) is 4.10. The van der Waals surface area contributed by atoms with Crippen molar-refractivity contribution in [1.29, 1.82) is 0 Å². The van der Waals surface area contributed by atoms with E-state index in [1.54, 1.807) is 19.2 Å². The molecule has 1 unspecified atom stereocenters. The lowest BCUT2D eigenvalue weighted by molar-refractivity contribution is 0.222. The molecule has 2 N–H and O–H groups in total. The van der Waals surface area contributed by atoms with Crippen molar-refractivity contribution in [3.63, 3.8) is 0 Å². The number of halogens is 1. The summed E-state index contributed by atoms with van der Waals surface area (Å²) in [6, 6.07) is 6.07. The van der Waals surface area contributed by atoms with Crippen LogP contribution in [0.3, 0.4) is 0 Å². The summed E-state index contributed by atoms with van der Waals surface area (Å²) in [6.45, 7) is 6.93. The molecule has 0 spiro atoms. The SMILES string of the molecule is CN=C(NCCN1CCCCC1)NCC(C)Oc1ccc(F)cc1. The van der Waals surface area contributed by atoms with Crippen LogP contribution < -0.4 is 15.4 Å². The summed E-state index contributed by atoms with van der Waals surface area (Å²) in [6.07, 6.45) is 3.94. The Morgan fingerprint density at radius 3 is 2.58 bits per heavy atom. The van der Waals surface area contributed by atoms with E-state index in [2.05, 4.69) is 20.5 Å². The molecular formula is C18H29FN4O. The van der Waals surface area contributed by atoms with Gasteiger partial charge in [-0.2, -0.15) is 0 Å². The fraction of sp³-hybridized carbons (Fsp3) is 0.611. The van der Waals surface area contributed by atoms with Crippen LogP contribution in [0.2, 0.25) is 0 Å². The predicted octanol–water partition coefficient (Wildman–Crippen LogP) is 2.24. The molecule has 0 amide bonds. The van der Waals surface area contributed by atoms with Crippen LogP contribution in [0, 0.1) is 5.82 Å². The summed E-state index contributed by atoms with van der Waals surface area (Å²) in [5.41, 5.74) is 0. The molecule has 1 heterocycles. The van der Waals surface area contributed by atoms with Gasteiger partial charge in [0.2, 0.25) is 0 Å². The largest absolute Gasteiger partial charge is 0.489 e. The zero-order valence-electron chi connectivity index (χ0n) is 14.7. The molecule has 0 saturated carbocycles. The molecule has 1 atom stereocenters. The van der Waals surface area contributed by atoms with Gasteiger partial charge in [-0.3, -0.25) is 4.99 Å². The van der Waals surface area contributed by atoms with Crippen LogP contribution in [0.15, 0.2) is 29.3 Å². The number of guanidine groups is 1. The van der Waals surface area contributed by atoms with Gasteiger partial charge >= 0.3 is 0 Å². The number of rotatable bonds is 7. The van der Waals surface area contributed by atoms with Gasteiger partial charge in [0.15, 0.2) is 5.96 Å². The first-order chi connectivity index (χ1) is 11.7. The number of benzene rings is 1. The Labute approximate surface area is 144 Å². The molecule has 1 aliphatic heterocycles. The first kappa shape index (κ1) is 18.5. The quantitative estimate of drug-likeness (QED) is 0.592. The molecule has 2 rings (SSSR count). The van der Waals surface area contributed by atoms with E-state index in [4.69, 9.17) is 4.74 Å². The zero-order chi connectivity index (χ0) is 17.2. The average Bonchev–Trinajstić information content (AvgIpc) is 2.61. The molecule has 6 heteroatoms. The van der Waals surface area contributed by atoms with Gasteiger partial charge in [0.25, 0.3) is 0 Å². The Hall–Kier alpha value is -1.82. The fourth-order valence-electron chi connectivity index (χ4n) is 2.76. The lowest BCUT2D eigenvalue weighted by atomic mass is 10.1. The van der Waals surface area contributed by atoms with Crippen molar-refractivity contribution >= 4 is 5.96 Å². The molecule has 24 heavy (non-hydrogen) atoms. The summed E-state index contributed by atoms with van der Waals surface area (Å²) < 4.78 is 18.6. The number of ether oxygens (including phenoxy) is 1. The second kappa shape index (κ2) is 10.1. The summed E-state index contributed by atoms with van der Waals surface area (Å²) in [5, 5.41) is 6.60. The van der Waals surface area contributed by atoms with Crippen molar-refractivity contribution in [2.75, 3.05) is 39.8 Å². The summed E-state index contributed by atoms with van der Waals surface area (Å²) in [5.74, 6) is 1.19. The van der Waals surface area contributed by atoms with Gasteiger partial charge < -0.3 is 20.3 Å². The van der Waals surface area contributed by atoms with E-state index >= 15 is 0 Å². The van der Waals surface area contributed by atoms with Crippen LogP contribution in [0.5, 0.6) is 5.75 Å². The highest BCUT2D eigenvalue weighted by atomic mass is 19.1. The van der Waals surface area contributed by atoms with E-state index in [9.17, 15) is 4.39 Å². The number of hydrogen-bond donors (Lipinski definition) is 2. The molecule has 1 aromatic carbocycles. The molecule has 1 aliphatic rings. The Kier molecular flexibility index (Phi) is 7.82. The molecule has 0 bridgehead atoms. The summed E-state index contributed by atoms with van der Waals surface area (Å²) in [4.78, 5) is 6.72.